The van der Waals surface area contributed by atoms with Crippen LogP contribution >= 0.6 is 11.6 Å². The molecule has 0 fully saturated rings. The Bertz CT molecular complexity index is 558. The van der Waals surface area contributed by atoms with Gasteiger partial charge in [-0.15, -0.1) is 0 Å². The first-order valence-corrected chi connectivity index (χ1v) is 4.89. The second-order valence-corrected chi connectivity index (χ2v) is 3.69. The van der Waals surface area contributed by atoms with Crippen LogP contribution < -0.4 is 0 Å². The summed E-state index contributed by atoms with van der Waals surface area (Å²) in [5.74, 6) is -4.11. The predicted octanol–water partition coefficient (Wildman–Crippen LogP) is 4.36. The molecule has 0 amide bonds. The van der Waals surface area contributed by atoms with Crippen molar-refractivity contribution in [1.82, 2.24) is 0 Å². The molecule has 0 saturated carbocycles. The van der Waals surface area contributed by atoms with Crippen molar-refractivity contribution in [2.75, 3.05) is 0 Å². The summed E-state index contributed by atoms with van der Waals surface area (Å²) in [5, 5.41) is -0.164. The van der Waals surface area contributed by atoms with Crippen molar-refractivity contribution in [3.05, 3.63) is 58.6 Å². The van der Waals surface area contributed by atoms with Gasteiger partial charge in [0.05, 0.1) is 16.7 Å². The molecular weight excluding hydrogens is 256 g/mol. The van der Waals surface area contributed by atoms with Gasteiger partial charge in [-0.25, -0.2) is 17.6 Å². The Morgan fingerprint density at radius 3 is 2.29 bits per heavy atom. The van der Waals surface area contributed by atoms with Crippen molar-refractivity contribution in [2.45, 2.75) is 0 Å². The molecule has 17 heavy (non-hydrogen) atoms. The fourth-order valence-electron chi connectivity index (χ4n) is 1.43. The number of hydrogen-bond acceptors (Lipinski definition) is 0. The molecule has 1 radical (unpaired) electrons. The molecule has 0 saturated heterocycles. The number of benzene rings is 2. The van der Waals surface area contributed by atoms with E-state index in [4.69, 9.17) is 11.6 Å². The van der Waals surface area contributed by atoms with Gasteiger partial charge in [0.25, 0.3) is 0 Å². The van der Waals surface area contributed by atoms with E-state index < -0.39 is 28.8 Å². The van der Waals surface area contributed by atoms with Crippen LogP contribution in [0.2, 0.25) is 5.02 Å². The van der Waals surface area contributed by atoms with E-state index in [9.17, 15) is 17.6 Å². The van der Waals surface area contributed by atoms with Gasteiger partial charge in [0, 0.05) is 11.6 Å². The average Bonchev–Trinajstić information content (AvgIpc) is 2.19. The SMILES string of the molecule is Fc1[c]c(F)c(-c2ccc(F)cc2Cl)c(F)c1. The van der Waals surface area contributed by atoms with Gasteiger partial charge in [-0.2, -0.15) is 0 Å². The van der Waals surface area contributed by atoms with E-state index in [-0.39, 0.29) is 10.6 Å². The standard InChI is InChI=1S/C12H4ClF4/c13-9-3-6(14)1-2-8(9)12-10(16)4-7(15)5-11(12)17/h1-4H. The fraction of sp³-hybridized carbons (Fsp3) is 0. The highest BCUT2D eigenvalue weighted by atomic mass is 35.5. The lowest BCUT2D eigenvalue weighted by atomic mass is 10.0. The van der Waals surface area contributed by atoms with E-state index in [1.165, 1.54) is 0 Å². The van der Waals surface area contributed by atoms with E-state index in [0.29, 0.717) is 6.07 Å². The maximum absolute atomic E-state index is 13.4. The van der Waals surface area contributed by atoms with E-state index >= 15 is 0 Å². The first kappa shape index (κ1) is 11.9. The molecule has 0 aliphatic heterocycles. The van der Waals surface area contributed by atoms with Gasteiger partial charge in [-0.1, -0.05) is 11.6 Å². The van der Waals surface area contributed by atoms with Crippen LogP contribution in [0.3, 0.4) is 0 Å². The maximum atomic E-state index is 13.4. The number of halogens is 5. The zero-order valence-electron chi connectivity index (χ0n) is 8.20. The molecule has 0 unspecified atom stereocenters. The van der Waals surface area contributed by atoms with E-state index in [0.717, 1.165) is 18.2 Å². The highest BCUT2D eigenvalue weighted by Crippen LogP contribution is 2.32. The van der Waals surface area contributed by atoms with Gasteiger partial charge in [-0.05, 0) is 18.2 Å². The fourth-order valence-corrected chi connectivity index (χ4v) is 1.69. The largest absolute Gasteiger partial charge is 0.207 e. The van der Waals surface area contributed by atoms with Crippen molar-refractivity contribution in [3.63, 3.8) is 0 Å². The first-order chi connectivity index (χ1) is 7.99. The topological polar surface area (TPSA) is 0 Å². The van der Waals surface area contributed by atoms with Crippen molar-refractivity contribution in [2.24, 2.45) is 0 Å². The predicted molar refractivity (Wildman–Crippen MR) is 55.6 cm³/mol. The molecule has 0 bridgehead atoms. The minimum absolute atomic E-state index is 0.0562. The zero-order chi connectivity index (χ0) is 12.6. The van der Waals surface area contributed by atoms with Crippen LogP contribution in [-0.2, 0) is 0 Å². The van der Waals surface area contributed by atoms with E-state index in [1.54, 1.807) is 6.07 Å². The smallest absolute Gasteiger partial charge is 0.145 e. The van der Waals surface area contributed by atoms with Gasteiger partial charge in [0.1, 0.15) is 23.3 Å². The Labute approximate surface area is 99.5 Å². The molecule has 5 heteroatoms. The van der Waals surface area contributed by atoms with E-state index in [1.807, 2.05) is 0 Å². The average molecular weight is 260 g/mol. The summed E-state index contributed by atoms with van der Waals surface area (Å²) >= 11 is 5.67. The summed E-state index contributed by atoms with van der Waals surface area (Å²) in [5.41, 5.74) is -0.587. The molecule has 2 rings (SSSR count). The van der Waals surface area contributed by atoms with Gasteiger partial charge in [0.15, 0.2) is 0 Å². The Kier molecular flexibility index (Phi) is 3.07. The van der Waals surface area contributed by atoms with Crippen molar-refractivity contribution < 1.29 is 17.6 Å². The summed E-state index contributed by atoms with van der Waals surface area (Å²) in [6, 6.07) is 5.21. The minimum atomic E-state index is -1.21. The van der Waals surface area contributed by atoms with Gasteiger partial charge >= 0.3 is 0 Å². The minimum Gasteiger partial charge on any atom is -0.207 e. The van der Waals surface area contributed by atoms with Gasteiger partial charge < -0.3 is 0 Å². The number of hydrogen-bond donors (Lipinski definition) is 0. The molecule has 0 atom stereocenters. The van der Waals surface area contributed by atoms with Gasteiger partial charge in [0.2, 0.25) is 0 Å². The molecular formula is C12H4ClF4. The highest BCUT2D eigenvalue weighted by molar-refractivity contribution is 6.33. The molecule has 0 aliphatic rings. The Hall–Kier alpha value is -1.55. The zero-order valence-corrected chi connectivity index (χ0v) is 8.96. The van der Waals surface area contributed by atoms with Crippen molar-refractivity contribution in [3.8, 4) is 11.1 Å². The number of rotatable bonds is 1. The lowest BCUT2D eigenvalue weighted by Gasteiger charge is -2.07. The van der Waals surface area contributed by atoms with Crippen LogP contribution in [0, 0.1) is 29.3 Å². The lowest BCUT2D eigenvalue weighted by Crippen LogP contribution is -1.94. The van der Waals surface area contributed by atoms with Crippen LogP contribution in [0.25, 0.3) is 11.1 Å². The maximum Gasteiger partial charge on any atom is 0.145 e. The van der Waals surface area contributed by atoms with Crippen molar-refractivity contribution >= 4 is 11.6 Å². The van der Waals surface area contributed by atoms with Crippen molar-refractivity contribution in [1.29, 1.82) is 0 Å². The summed E-state index contributed by atoms with van der Waals surface area (Å²) in [6.45, 7) is 0. The monoisotopic (exact) mass is 259 g/mol. The van der Waals surface area contributed by atoms with Gasteiger partial charge in [-0.3, -0.25) is 0 Å². The Balaban J connectivity index is 2.68. The second kappa shape index (κ2) is 4.37. The third kappa shape index (κ3) is 2.26. The third-order valence-electron chi connectivity index (χ3n) is 2.14. The summed E-state index contributed by atoms with van der Waals surface area (Å²) in [4.78, 5) is 0. The second-order valence-electron chi connectivity index (χ2n) is 3.28. The quantitative estimate of drug-likeness (QED) is 0.668. The molecule has 0 aliphatic carbocycles. The Morgan fingerprint density at radius 2 is 1.71 bits per heavy atom. The van der Waals surface area contributed by atoms with Crippen LogP contribution in [0.5, 0.6) is 0 Å². The van der Waals surface area contributed by atoms with Crippen LogP contribution in [0.1, 0.15) is 0 Å². The highest BCUT2D eigenvalue weighted by Gasteiger charge is 2.16. The lowest BCUT2D eigenvalue weighted by molar-refractivity contribution is 0.545. The van der Waals surface area contributed by atoms with Crippen LogP contribution in [-0.4, -0.2) is 0 Å². The van der Waals surface area contributed by atoms with E-state index in [2.05, 4.69) is 0 Å². The van der Waals surface area contributed by atoms with Crippen LogP contribution in [0.15, 0.2) is 24.3 Å². The normalized spacial score (nSPS) is 10.6. The Morgan fingerprint density at radius 1 is 1.00 bits per heavy atom. The van der Waals surface area contributed by atoms with Crippen LogP contribution in [0.4, 0.5) is 17.6 Å². The molecule has 2 aromatic carbocycles. The molecule has 0 heterocycles. The molecule has 0 spiro atoms. The molecule has 0 N–H and O–H groups in total. The third-order valence-corrected chi connectivity index (χ3v) is 2.45. The summed E-state index contributed by atoms with van der Waals surface area (Å²) in [7, 11) is 0. The summed E-state index contributed by atoms with van der Waals surface area (Å²) in [6.07, 6.45) is 0. The molecule has 0 aromatic heterocycles. The summed E-state index contributed by atoms with van der Waals surface area (Å²) < 4.78 is 52.3. The first-order valence-electron chi connectivity index (χ1n) is 4.51. The molecule has 2 aromatic rings. The molecule has 87 valence electrons. The molecule has 0 nitrogen and oxygen atoms in total.